The number of thiocarbonyl (C=S) groups is 1. The minimum Gasteiger partial charge on any atom is -0.393 e. The highest BCUT2D eigenvalue weighted by Gasteiger charge is 2.26. The molecule has 1 aliphatic carbocycles. The molecule has 3 N–H and O–H groups in total. The Morgan fingerprint density at radius 3 is 2.53 bits per heavy atom. The van der Waals surface area contributed by atoms with Crippen LogP contribution in [0.25, 0.3) is 0 Å². The van der Waals surface area contributed by atoms with Gasteiger partial charge >= 0.3 is 0 Å². The van der Waals surface area contributed by atoms with Crippen LogP contribution in [0.5, 0.6) is 0 Å². The van der Waals surface area contributed by atoms with E-state index in [0.29, 0.717) is 0 Å². The highest BCUT2D eigenvalue weighted by molar-refractivity contribution is 7.80. The summed E-state index contributed by atoms with van der Waals surface area (Å²) in [5.41, 5.74) is 5.59. The van der Waals surface area contributed by atoms with E-state index < -0.39 is 0 Å². The van der Waals surface area contributed by atoms with E-state index in [0.717, 1.165) is 6.54 Å². The van der Waals surface area contributed by atoms with Crippen LogP contribution in [0.15, 0.2) is 0 Å². The monoisotopic (exact) mass is 228 g/mol. The van der Waals surface area contributed by atoms with Crippen LogP contribution in [0, 0.1) is 5.41 Å². The van der Waals surface area contributed by atoms with Crippen LogP contribution in [0.2, 0.25) is 0 Å². The van der Waals surface area contributed by atoms with Gasteiger partial charge < -0.3 is 11.1 Å². The lowest BCUT2D eigenvalue weighted by Crippen LogP contribution is -2.38. The van der Waals surface area contributed by atoms with E-state index in [2.05, 4.69) is 24.5 Å². The predicted molar refractivity (Wildman–Crippen MR) is 65.6 cm³/mol. The molecule has 0 heterocycles. The zero-order chi connectivity index (χ0) is 11.3. The third-order valence-corrected chi connectivity index (χ3v) is 3.25. The van der Waals surface area contributed by atoms with E-state index >= 15 is 0 Å². The first kappa shape index (κ1) is 12.4. The van der Waals surface area contributed by atoms with Gasteiger partial charge in [-0.15, -0.1) is 0 Å². The van der Waals surface area contributed by atoms with E-state index in [1.54, 1.807) is 0 Å². The van der Waals surface area contributed by atoms with Crippen LogP contribution in [0.4, 0.5) is 0 Å². The van der Waals surface area contributed by atoms with Gasteiger partial charge in [0.15, 0.2) is 0 Å². The maximum atomic E-state index is 11.4. The van der Waals surface area contributed by atoms with Gasteiger partial charge in [-0.25, -0.2) is 0 Å². The Bertz CT molecular complexity index is 247. The number of rotatable bonds is 4. The van der Waals surface area contributed by atoms with Gasteiger partial charge in [-0.3, -0.25) is 4.79 Å². The summed E-state index contributed by atoms with van der Waals surface area (Å²) in [6.07, 6.45) is 6.48. The third-order valence-electron chi connectivity index (χ3n) is 3.11. The van der Waals surface area contributed by atoms with Gasteiger partial charge in [0.25, 0.3) is 0 Å². The quantitative estimate of drug-likeness (QED) is 0.721. The summed E-state index contributed by atoms with van der Waals surface area (Å²) in [7, 11) is 0. The van der Waals surface area contributed by atoms with E-state index in [1.165, 1.54) is 32.1 Å². The van der Waals surface area contributed by atoms with Crippen molar-refractivity contribution in [3.05, 3.63) is 0 Å². The van der Waals surface area contributed by atoms with Gasteiger partial charge in [0.1, 0.15) is 0 Å². The lowest BCUT2D eigenvalue weighted by Gasteiger charge is -2.33. The molecular weight excluding hydrogens is 208 g/mol. The maximum Gasteiger partial charge on any atom is 0.226 e. The molecule has 1 amide bonds. The van der Waals surface area contributed by atoms with Crippen LogP contribution >= 0.6 is 12.2 Å². The minimum atomic E-state index is -0.0469. The summed E-state index contributed by atoms with van der Waals surface area (Å²) in [6, 6.07) is 0. The molecule has 0 radical (unpaired) electrons. The van der Waals surface area contributed by atoms with Crippen LogP contribution in [0.3, 0.4) is 0 Å². The number of nitrogens with two attached hydrogens (primary N) is 1. The molecule has 0 aliphatic heterocycles. The summed E-state index contributed by atoms with van der Waals surface area (Å²) >= 11 is 4.69. The van der Waals surface area contributed by atoms with Crippen molar-refractivity contribution in [3.63, 3.8) is 0 Å². The molecule has 0 bridgehead atoms. The smallest absolute Gasteiger partial charge is 0.226 e. The second kappa shape index (κ2) is 5.45. The first-order valence-electron chi connectivity index (χ1n) is 5.57. The summed E-state index contributed by atoms with van der Waals surface area (Å²) in [6.45, 7) is 3.00. The number of amides is 1. The Morgan fingerprint density at radius 1 is 1.40 bits per heavy atom. The van der Waals surface area contributed by atoms with Crippen molar-refractivity contribution in [2.24, 2.45) is 11.1 Å². The van der Waals surface area contributed by atoms with Crippen LogP contribution in [-0.2, 0) is 4.79 Å². The Hall–Kier alpha value is -0.640. The molecule has 15 heavy (non-hydrogen) atoms. The second-order valence-corrected chi connectivity index (χ2v) is 5.32. The standard InChI is InChI=1S/C11H20N2OS/c1-11(5-3-2-4-6-11)8-13-10(14)7-9(12)15/h2-8H2,1H3,(H2,12,15)(H,13,14). The first-order chi connectivity index (χ1) is 7.02. The lowest BCUT2D eigenvalue weighted by molar-refractivity contribution is -0.120. The fourth-order valence-electron chi connectivity index (χ4n) is 2.11. The van der Waals surface area contributed by atoms with Crippen molar-refractivity contribution in [2.75, 3.05) is 6.54 Å². The highest BCUT2D eigenvalue weighted by atomic mass is 32.1. The molecule has 1 saturated carbocycles. The van der Waals surface area contributed by atoms with E-state index in [4.69, 9.17) is 5.73 Å². The molecular formula is C11H20N2OS. The van der Waals surface area contributed by atoms with Gasteiger partial charge in [0, 0.05) is 6.54 Å². The number of nitrogens with one attached hydrogen (secondary N) is 1. The number of hydrogen-bond donors (Lipinski definition) is 2. The second-order valence-electron chi connectivity index (χ2n) is 4.79. The fraction of sp³-hybridized carbons (Fsp3) is 0.818. The molecule has 1 rings (SSSR count). The summed E-state index contributed by atoms with van der Waals surface area (Å²) in [5, 5.41) is 2.92. The van der Waals surface area contributed by atoms with Crippen molar-refractivity contribution in [3.8, 4) is 0 Å². The number of carbonyl (C=O) groups is 1. The molecule has 0 atom stereocenters. The molecule has 1 fully saturated rings. The van der Waals surface area contributed by atoms with Gasteiger partial charge in [-0.1, -0.05) is 38.4 Å². The molecule has 0 aromatic carbocycles. The van der Waals surface area contributed by atoms with Crippen LogP contribution < -0.4 is 11.1 Å². The first-order valence-corrected chi connectivity index (χ1v) is 5.98. The average molecular weight is 228 g/mol. The van der Waals surface area contributed by atoms with Gasteiger partial charge in [0.05, 0.1) is 11.4 Å². The molecule has 0 spiro atoms. The lowest BCUT2D eigenvalue weighted by atomic mass is 9.76. The molecule has 86 valence electrons. The molecule has 0 aromatic rings. The zero-order valence-electron chi connectivity index (χ0n) is 9.34. The van der Waals surface area contributed by atoms with Gasteiger partial charge in [0.2, 0.25) is 5.91 Å². The number of hydrogen-bond acceptors (Lipinski definition) is 2. The molecule has 4 heteroatoms. The SMILES string of the molecule is CC1(CNC(=O)CC(N)=S)CCCCC1. The van der Waals surface area contributed by atoms with Gasteiger partial charge in [-0.05, 0) is 18.3 Å². The van der Waals surface area contributed by atoms with Crippen molar-refractivity contribution in [2.45, 2.75) is 45.4 Å². The number of carbonyl (C=O) groups excluding carboxylic acids is 1. The Balaban J connectivity index is 2.28. The predicted octanol–water partition coefficient (Wildman–Crippen LogP) is 1.75. The Kier molecular flexibility index (Phi) is 4.51. The van der Waals surface area contributed by atoms with Gasteiger partial charge in [-0.2, -0.15) is 0 Å². The van der Waals surface area contributed by atoms with E-state index in [-0.39, 0.29) is 22.7 Å². The molecule has 0 saturated heterocycles. The summed E-state index contributed by atoms with van der Waals surface area (Å²) < 4.78 is 0. The zero-order valence-corrected chi connectivity index (χ0v) is 10.2. The van der Waals surface area contributed by atoms with Crippen molar-refractivity contribution in [1.82, 2.24) is 5.32 Å². The molecule has 0 unspecified atom stereocenters. The van der Waals surface area contributed by atoms with E-state index in [9.17, 15) is 4.79 Å². The average Bonchev–Trinajstić information content (AvgIpc) is 2.15. The van der Waals surface area contributed by atoms with Crippen molar-refractivity contribution in [1.29, 1.82) is 0 Å². The van der Waals surface area contributed by atoms with Crippen LogP contribution in [-0.4, -0.2) is 17.4 Å². The summed E-state index contributed by atoms with van der Waals surface area (Å²) in [5.74, 6) is -0.0469. The molecule has 0 aromatic heterocycles. The van der Waals surface area contributed by atoms with Crippen molar-refractivity contribution >= 4 is 23.1 Å². The third kappa shape index (κ3) is 4.60. The fourth-order valence-corrected chi connectivity index (χ4v) is 2.25. The Morgan fingerprint density at radius 2 is 2.00 bits per heavy atom. The largest absolute Gasteiger partial charge is 0.393 e. The summed E-state index contributed by atoms with van der Waals surface area (Å²) in [4.78, 5) is 11.6. The minimum absolute atomic E-state index is 0.0469. The molecule has 1 aliphatic rings. The Labute approximate surface area is 96.8 Å². The highest BCUT2D eigenvalue weighted by Crippen LogP contribution is 2.34. The molecule has 3 nitrogen and oxygen atoms in total. The maximum absolute atomic E-state index is 11.4. The topological polar surface area (TPSA) is 55.1 Å². The van der Waals surface area contributed by atoms with E-state index in [1.807, 2.05) is 0 Å². The normalized spacial score (nSPS) is 19.5. The van der Waals surface area contributed by atoms with Crippen LogP contribution in [0.1, 0.15) is 45.4 Å². The van der Waals surface area contributed by atoms with Crippen molar-refractivity contribution < 1.29 is 4.79 Å².